The Morgan fingerprint density at radius 3 is 2.65 bits per heavy atom. The van der Waals surface area contributed by atoms with E-state index in [1.807, 2.05) is 12.1 Å². The maximum Gasteiger partial charge on any atom is 0.118 e. The monoisotopic (exact) mass is 277 g/mol. The lowest BCUT2D eigenvalue weighted by Gasteiger charge is -2.34. The smallest absolute Gasteiger partial charge is 0.118 e. The van der Waals surface area contributed by atoms with Crippen LogP contribution < -0.4 is 10.1 Å². The molecule has 0 aromatic heterocycles. The lowest BCUT2D eigenvalue weighted by Crippen LogP contribution is -2.48. The zero-order valence-corrected chi connectivity index (χ0v) is 12.9. The van der Waals surface area contributed by atoms with E-state index in [2.05, 4.69) is 31.3 Å². The van der Waals surface area contributed by atoms with Gasteiger partial charge in [-0.2, -0.15) is 0 Å². The molecule has 0 bridgehead atoms. The molecule has 1 aromatic carbocycles. The number of ether oxygens (including phenoxy) is 2. The molecule has 2 unspecified atom stereocenters. The van der Waals surface area contributed by atoms with Crippen molar-refractivity contribution < 1.29 is 9.47 Å². The van der Waals surface area contributed by atoms with Crippen LogP contribution in [0.2, 0.25) is 0 Å². The summed E-state index contributed by atoms with van der Waals surface area (Å²) in [5.41, 5.74) is 1.36. The van der Waals surface area contributed by atoms with Crippen molar-refractivity contribution in [2.75, 3.05) is 20.3 Å². The van der Waals surface area contributed by atoms with E-state index in [-0.39, 0.29) is 5.60 Å². The number of aryl methyl sites for hydroxylation is 1. The Labute approximate surface area is 122 Å². The second kappa shape index (κ2) is 7.09. The number of hydrogen-bond donors (Lipinski definition) is 1. The van der Waals surface area contributed by atoms with Gasteiger partial charge >= 0.3 is 0 Å². The maximum absolute atomic E-state index is 6.00. The Balaban J connectivity index is 1.94. The molecule has 1 aliphatic heterocycles. The van der Waals surface area contributed by atoms with Gasteiger partial charge in [0.25, 0.3) is 0 Å². The van der Waals surface area contributed by atoms with Crippen LogP contribution in [0.1, 0.15) is 38.7 Å². The molecule has 20 heavy (non-hydrogen) atoms. The number of methoxy groups -OCH3 is 1. The number of rotatable bonds is 7. The van der Waals surface area contributed by atoms with Gasteiger partial charge in [0.05, 0.1) is 12.7 Å². The van der Waals surface area contributed by atoms with Crippen LogP contribution in [0.4, 0.5) is 0 Å². The first kappa shape index (κ1) is 15.3. The van der Waals surface area contributed by atoms with Crippen LogP contribution in [0.25, 0.3) is 0 Å². The first-order valence-corrected chi connectivity index (χ1v) is 7.68. The van der Waals surface area contributed by atoms with Crippen molar-refractivity contribution in [2.24, 2.45) is 0 Å². The van der Waals surface area contributed by atoms with Gasteiger partial charge in [-0.05, 0) is 56.8 Å². The molecule has 0 radical (unpaired) electrons. The van der Waals surface area contributed by atoms with E-state index >= 15 is 0 Å². The van der Waals surface area contributed by atoms with Gasteiger partial charge in [-0.25, -0.2) is 0 Å². The van der Waals surface area contributed by atoms with Crippen LogP contribution in [0.3, 0.4) is 0 Å². The van der Waals surface area contributed by atoms with E-state index < -0.39 is 0 Å². The van der Waals surface area contributed by atoms with Gasteiger partial charge in [-0.3, -0.25) is 0 Å². The van der Waals surface area contributed by atoms with E-state index in [0.29, 0.717) is 6.04 Å². The highest BCUT2D eigenvalue weighted by atomic mass is 16.5. The predicted octanol–water partition coefficient (Wildman–Crippen LogP) is 3.18. The van der Waals surface area contributed by atoms with Gasteiger partial charge < -0.3 is 14.8 Å². The van der Waals surface area contributed by atoms with Crippen LogP contribution >= 0.6 is 0 Å². The van der Waals surface area contributed by atoms with Gasteiger partial charge in [0.2, 0.25) is 0 Å². The number of nitrogens with one attached hydrogen (secondary N) is 1. The summed E-state index contributed by atoms with van der Waals surface area (Å²) >= 11 is 0. The summed E-state index contributed by atoms with van der Waals surface area (Å²) in [6, 6.07) is 8.80. The Morgan fingerprint density at radius 1 is 1.35 bits per heavy atom. The summed E-state index contributed by atoms with van der Waals surface area (Å²) in [5.74, 6) is 0.920. The van der Waals surface area contributed by atoms with Gasteiger partial charge in [0.1, 0.15) is 5.75 Å². The third-order valence-corrected chi connectivity index (χ3v) is 4.32. The van der Waals surface area contributed by atoms with Crippen molar-refractivity contribution in [3.8, 4) is 5.75 Å². The fourth-order valence-electron chi connectivity index (χ4n) is 3.05. The summed E-state index contributed by atoms with van der Waals surface area (Å²) in [6.45, 7) is 6.31. The predicted molar refractivity (Wildman–Crippen MR) is 82.4 cm³/mol. The van der Waals surface area contributed by atoms with Crippen LogP contribution in [0, 0.1) is 0 Å². The number of hydrogen-bond acceptors (Lipinski definition) is 3. The van der Waals surface area contributed by atoms with Crippen LogP contribution in [0.15, 0.2) is 24.3 Å². The van der Waals surface area contributed by atoms with Crippen molar-refractivity contribution in [1.29, 1.82) is 0 Å². The molecule has 2 atom stereocenters. The maximum atomic E-state index is 6.00. The summed E-state index contributed by atoms with van der Waals surface area (Å²) in [7, 11) is 1.70. The van der Waals surface area contributed by atoms with E-state index in [4.69, 9.17) is 9.47 Å². The molecule has 1 saturated heterocycles. The summed E-state index contributed by atoms with van der Waals surface area (Å²) in [5, 5.41) is 3.61. The third kappa shape index (κ3) is 3.74. The minimum atomic E-state index is 0.00246. The summed E-state index contributed by atoms with van der Waals surface area (Å²) < 4.78 is 11.2. The van der Waals surface area contributed by atoms with Gasteiger partial charge in [0.15, 0.2) is 0 Å². The fraction of sp³-hybridized carbons (Fsp3) is 0.647. The molecule has 1 fully saturated rings. The highest BCUT2D eigenvalue weighted by molar-refractivity contribution is 5.27. The number of likely N-dealkylation sites (N-methyl/N-ethyl adjacent to an activating group) is 1. The van der Waals surface area contributed by atoms with E-state index in [1.54, 1.807) is 7.11 Å². The lowest BCUT2D eigenvalue weighted by atomic mass is 9.88. The fourth-order valence-corrected chi connectivity index (χ4v) is 3.05. The van der Waals surface area contributed by atoms with Crippen LogP contribution in [-0.2, 0) is 11.2 Å². The molecule has 2 rings (SSSR count). The molecule has 1 aromatic rings. The standard InChI is InChI=1S/C17H27NO2/c1-4-18-16(17(2)12-5-13-20-17)11-8-14-6-9-15(19-3)10-7-14/h6-7,9-10,16,18H,4-5,8,11-13H2,1-3H3. The molecular formula is C17H27NO2. The third-order valence-electron chi connectivity index (χ3n) is 4.32. The van der Waals surface area contributed by atoms with E-state index in [9.17, 15) is 0 Å². The lowest BCUT2D eigenvalue weighted by molar-refractivity contribution is -0.0133. The van der Waals surface area contributed by atoms with E-state index in [0.717, 1.165) is 38.2 Å². The largest absolute Gasteiger partial charge is 0.497 e. The molecule has 0 spiro atoms. The normalized spacial score (nSPS) is 23.8. The zero-order chi connectivity index (χ0) is 14.4. The highest BCUT2D eigenvalue weighted by Crippen LogP contribution is 2.30. The zero-order valence-electron chi connectivity index (χ0n) is 12.9. The molecule has 0 aliphatic carbocycles. The number of benzene rings is 1. The molecule has 1 heterocycles. The van der Waals surface area contributed by atoms with Crippen LogP contribution in [-0.4, -0.2) is 31.9 Å². The molecule has 3 heteroatoms. The highest BCUT2D eigenvalue weighted by Gasteiger charge is 2.37. The first-order valence-electron chi connectivity index (χ1n) is 7.68. The van der Waals surface area contributed by atoms with Crippen molar-refractivity contribution >= 4 is 0 Å². The average Bonchev–Trinajstić information content (AvgIpc) is 2.92. The summed E-state index contributed by atoms with van der Waals surface area (Å²) in [4.78, 5) is 0. The second-order valence-electron chi connectivity index (χ2n) is 5.76. The summed E-state index contributed by atoms with van der Waals surface area (Å²) in [6.07, 6.45) is 4.52. The van der Waals surface area contributed by atoms with Crippen molar-refractivity contribution in [2.45, 2.75) is 51.2 Å². The molecular weight excluding hydrogens is 250 g/mol. The average molecular weight is 277 g/mol. The Bertz CT molecular complexity index is 396. The van der Waals surface area contributed by atoms with Gasteiger partial charge in [-0.15, -0.1) is 0 Å². The van der Waals surface area contributed by atoms with Crippen molar-refractivity contribution in [3.63, 3.8) is 0 Å². The quantitative estimate of drug-likeness (QED) is 0.830. The topological polar surface area (TPSA) is 30.5 Å². The van der Waals surface area contributed by atoms with Crippen LogP contribution in [0.5, 0.6) is 5.75 Å². The minimum Gasteiger partial charge on any atom is -0.497 e. The Morgan fingerprint density at radius 2 is 2.10 bits per heavy atom. The molecule has 112 valence electrons. The van der Waals surface area contributed by atoms with Crippen molar-refractivity contribution in [1.82, 2.24) is 5.32 Å². The Hall–Kier alpha value is -1.06. The molecule has 3 nitrogen and oxygen atoms in total. The second-order valence-corrected chi connectivity index (χ2v) is 5.76. The van der Waals surface area contributed by atoms with E-state index in [1.165, 1.54) is 12.0 Å². The van der Waals surface area contributed by atoms with Crippen molar-refractivity contribution in [3.05, 3.63) is 29.8 Å². The minimum absolute atomic E-state index is 0.00246. The SMILES string of the molecule is CCNC(CCc1ccc(OC)cc1)C1(C)CCCO1. The van der Waals surface area contributed by atoms with Gasteiger partial charge in [0, 0.05) is 12.6 Å². The Kier molecular flexibility index (Phi) is 5.44. The first-order chi connectivity index (χ1) is 9.68. The molecule has 1 N–H and O–H groups in total. The molecule has 0 amide bonds. The molecule has 1 aliphatic rings. The van der Waals surface area contributed by atoms with Gasteiger partial charge in [-0.1, -0.05) is 19.1 Å². The molecule has 0 saturated carbocycles.